The molecule has 1 aromatic rings. The third-order valence-corrected chi connectivity index (χ3v) is 2.99. The number of nitrogens with one attached hydrogen (secondary N) is 1. The second kappa shape index (κ2) is 4.78. The van der Waals surface area contributed by atoms with Gasteiger partial charge >= 0.3 is 0 Å². The highest BCUT2D eigenvalue weighted by Crippen LogP contribution is 2.26. The van der Waals surface area contributed by atoms with Crippen molar-refractivity contribution in [2.75, 3.05) is 13.7 Å². The van der Waals surface area contributed by atoms with Crippen molar-refractivity contribution >= 4 is 0 Å². The van der Waals surface area contributed by atoms with Gasteiger partial charge in [0.25, 0.3) is 0 Å². The summed E-state index contributed by atoms with van der Waals surface area (Å²) in [4.78, 5) is 0. The maximum atomic E-state index is 13.6. The molecule has 1 N–H and O–H groups in total. The molecule has 16 heavy (non-hydrogen) atoms. The molecule has 2 rings (SSSR count). The highest BCUT2D eigenvalue weighted by molar-refractivity contribution is 5.36. The molecule has 1 unspecified atom stereocenters. The summed E-state index contributed by atoms with van der Waals surface area (Å²) in [5.41, 5.74) is 0.335. The summed E-state index contributed by atoms with van der Waals surface area (Å²) in [6.45, 7) is 0.948. The molecule has 1 saturated heterocycles. The number of ether oxygens (including phenoxy) is 1. The monoisotopic (exact) mass is 227 g/mol. The fourth-order valence-corrected chi connectivity index (χ4v) is 2.13. The standard InChI is InChI=1S/C12H15F2NO/c1-16-11-5-4-10(13)12(14)9(11)7-8-3-2-6-15-8/h4-5,8,15H,2-3,6-7H2,1H3. The van der Waals surface area contributed by atoms with E-state index in [2.05, 4.69) is 5.32 Å². The van der Waals surface area contributed by atoms with Crippen molar-refractivity contribution < 1.29 is 13.5 Å². The number of hydrogen-bond donors (Lipinski definition) is 1. The molecule has 1 heterocycles. The van der Waals surface area contributed by atoms with Crippen LogP contribution >= 0.6 is 0 Å². The highest BCUT2D eigenvalue weighted by atomic mass is 19.2. The average molecular weight is 227 g/mol. The predicted molar refractivity (Wildman–Crippen MR) is 57.6 cm³/mol. The molecule has 0 saturated carbocycles. The van der Waals surface area contributed by atoms with Crippen molar-refractivity contribution in [1.29, 1.82) is 0 Å². The Morgan fingerprint density at radius 3 is 2.88 bits per heavy atom. The molecule has 0 aliphatic carbocycles. The lowest BCUT2D eigenvalue weighted by atomic mass is 10.0. The van der Waals surface area contributed by atoms with Crippen LogP contribution in [0.2, 0.25) is 0 Å². The van der Waals surface area contributed by atoms with Gasteiger partial charge in [-0.15, -0.1) is 0 Å². The summed E-state index contributed by atoms with van der Waals surface area (Å²) in [7, 11) is 1.47. The number of methoxy groups -OCH3 is 1. The van der Waals surface area contributed by atoms with Gasteiger partial charge in [0.15, 0.2) is 11.6 Å². The van der Waals surface area contributed by atoms with Gasteiger partial charge in [0.2, 0.25) is 0 Å². The minimum absolute atomic E-state index is 0.227. The summed E-state index contributed by atoms with van der Waals surface area (Å²) in [6.07, 6.45) is 2.57. The van der Waals surface area contributed by atoms with Crippen LogP contribution in [0.3, 0.4) is 0 Å². The lowest BCUT2D eigenvalue weighted by Gasteiger charge is -2.14. The zero-order valence-corrected chi connectivity index (χ0v) is 9.22. The quantitative estimate of drug-likeness (QED) is 0.855. The Hall–Kier alpha value is -1.16. The van der Waals surface area contributed by atoms with Crippen LogP contribution in [0.1, 0.15) is 18.4 Å². The van der Waals surface area contributed by atoms with Gasteiger partial charge in [-0.25, -0.2) is 8.78 Å². The molecular weight excluding hydrogens is 212 g/mol. The van der Waals surface area contributed by atoms with Crippen molar-refractivity contribution in [2.24, 2.45) is 0 Å². The van der Waals surface area contributed by atoms with E-state index in [1.807, 2.05) is 0 Å². The van der Waals surface area contributed by atoms with Crippen LogP contribution < -0.4 is 10.1 Å². The Kier molecular flexibility index (Phi) is 3.39. The van der Waals surface area contributed by atoms with Crippen molar-refractivity contribution in [3.8, 4) is 5.75 Å². The molecule has 0 amide bonds. The molecule has 0 spiro atoms. The van der Waals surface area contributed by atoms with E-state index in [9.17, 15) is 8.78 Å². The Labute approximate surface area is 93.6 Å². The van der Waals surface area contributed by atoms with Gasteiger partial charge in [0.1, 0.15) is 5.75 Å². The zero-order valence-electron chi connectivity index (χ0n) is 9.22. The number of halogens is 2. The van der Waals surface area contributed by atoms with E-state index in [4.69, 9.17) is 4.74 Å². The Balaban J connectivity index is 2.25. The van der Waals surface area contributed by atoms with Gasteiger partial charge in [-0.05, 0) is 37.9 Å². The van der Waals surface area contributed by atoms with Crippen LogP contribution in [0.15, 0.2) is 12.1 Å². The van der Waals surface area contributed by atoms with E-state index in [0.717, 1.165) is 25.5 Å². The molecule has 2 nitrogen and oxygen atoms in total. The van der Waals surface area contributed by atoms with E-state index in [0.29, 0.717) is 17.7 Å². The van der Waals surface area contributed by atoms with E-state index in [1.165, 1.54) is 13.2 Å². The molecule has 1 aromatic carbocycles. The first kappa shape index (κ1) is 11.3. The smallest absolute Gasteiger partial charge is 0.165 e. The Morgan fingerprint density at radius 2 is 2.25 bits per heavy atom. The molecule has 0 radical (unpaired) electrons. The first-order chi connectivity index (χ1) is 7.72. The molecule has 0 aromatic heterocycles. The summed E-state index contributed by atoms with van der Waals surface area (Å²) in [5, 5.41) is 3.26. The van der Waals surface area contributed by atoms with Gasteiger partial charge in [-0.3, -0.25) is 0 Å². The van der Waals surface area contributed by atoms with E-state index >= 15 is 0 Å². The van der Waals surface area contributed by atoms with E-state index < -0.39 is 11.6 Å². The van der Waals surface area contributed by atoms with Gasteiger partial charge in [0.05, 0.1) is 7.11 Å². The topological polar surface area (TPSA) is 21.3 Å². The minimum Gasteiger partial charge on any atom is -0.496 e. The third-order valence-electron chi connectivity index (χ3n) is 2.99. The molecule has 1 aliphatic rings. The number of hydrogen-bond acceptors (Lipinski definition) is 2. The van der Waals surface area contributed by atoms with Crippen molar-refractivity contribution in [3.05, 3.63) is 29.3 Å². The first-order valence-corrected chi connectivity index (χ1v) is 5.46. The predicted octanol–water partition coefficient (Wildman–Crippen LogP) is 2.27. The van der Waals surface area contributed by atoms with E-state index in [1.54, 1.807) is 0 Å². The second-order valence-electron chi connectivity index (χ2n) is 4.04. The maximum absolute atomic E-state index is 13.6. The average Bonchev–Trinajstić information content (AvgIpc) is 2.78. The SMILES string of the molecule is COc1ccc(F)c(F)c1CC1CCCN1. The van der Waals surface area contributed by atoms with Crippen molar-refractivity contribution in [1.82, 2.24) is 5.32 Å². The van der Waals surface area contributed by atoms with Crippen LogP contribution in [0, 0.1) is 11.6 Å². The molecular formula is C12H15F2NO. The maximum Gasteiger partial charge on any atom is 0.165 e. The zero-order chi connectivity index (χ0) is 11.5. The fourth-order valence-electron chi connectivity index (χ4n) is 2.13. The van der Waals surface area contributed by atoms with Crippen LogP contribution in [-0.2, 0) is 6.42 Å². The summed E-state index contributed by atoms with van der Waals surface area (Å²) < 4.78 is 31.8. The van der Waals surface area contributed by atoms with Gasteiger partial charge in [-0.2, -0.15) is 0 Å². The number of benzene rings is 1. The molecule has 1 aliphatic heterocycles. The molecule has 88 valence electrons. The molecule has 0 bridgehead atoms. The number of rotatable bonds is 3. The summed E-state index contributed by atoms with van der Waals surface area (Å²) in [5.74, 6) is -1.17. The first-order valence-electron chi connectivity index (χ1n) is 5.46. The second-order valence-corrected chi connectivity index (χ2v) is 4.04. The van der Waals surface area contributed by atoms with Crippen LogP contribution in [0.4, 0.5) is 8.78 Å². The van der Waals surface area contributed by atoms with Crippen LogP contribution in [0.25, 0.3) is 0 Å². The summed E-state index contributed by atoms with van der Waals surface area (Å²) >= 11 is 0. The van der Waals surface area contributed by atoms with E-state index in [-0.39, 0.29) is 6.04 Å². The van der Waals surface area contributed by atoms with Crippen molar-refractivity contribution in [3.63, 3.8) is 0 Å². The van der Waals surface area contributed by atoms with Crippen molar-refractivity contribution in [2.45, 2.75) is 25.3 Å². The Morgan fingerprint density at radius 1 is 1.44 bits per heavy atom. The Bertz CT molecular complexity index is 376. The molecule has 1 fully saturated rings. The minimum atomic E-state index is -0.811. The normalized spacial score (nSPS) is 20.1. The summed E-state index contributed by atoms with van der Waals surface area (Å²) in [6, 6.07) is 2.80. The largest absolute Gasteiger partial charge is 0.496 e. The third kappa shape index (κ3) is 2.16. The van der Waals surface area contributed by atoms with Gasteiger partial charge in [0, 0.05) is 11.6 Å². The lowest BCUT2D eigenvalue weighted by molar-refractivity contribution is 0.393. The van der Waals surface area contributed by atoms with Gasteiger partial charge in [-0.1, -0.05) is 0 Å². The lowest BCUT2D eigenvalue weighted by Crippen LogP contribution is -2.24. The molecule has 1 atom stereocenters. The fraction of sp³-hybridized carbons (Fsp3) is 0.500. The molecule has 4 heteroatoms. The van der Waals surface area contributed by atoms with Crippen LogP contribution in [0.5, 0.6) is 5.75 Å². The highest BCUT2D eigenvalue weighted by Gasteiger charge is 2.21. The van der Waals surface area contributed by atoms with Gasteiger partial charge < -0.3 is 10.1 Å². The van der Waals surface area contributed by atoms with Crippen LogP contribution in [-0.4, -0.2) is 19.7 Å².